The largest absolute Gasteiger partial charge is 0.496 e. The van der Waals surface area contributed by atoms with Crippen LogP contribution >= 0.6 is 0 Å². The molecule has 0 saturated heterocycles. The minimum Gasteiger partial charge on any atom is -0.496 e. The Morgan fingerprint density at radius 2 is 1.80 bits per heavy atom. The first-order valence-corrected chi connectivity index (χ1v) is 9.83. The van der Waals surface area contributed by atoms with Gasteiger partial charge in [0.1, 0.15) is 11.6 Å². The third-order valence-electron chi connectivity index (χ3n) is 3.97. The maximum absolute atomic E-state index is 13.4. The predicted molar refractivity (Wildman–Crippen MR) is 101 cm³/mol. The minimum atomic E-state index is -4.22. The number of alkyl halides is 2. The first kappa shape index (κ1) is 23.2. The summed E-state index contributed by atoms with van der Waals surface area (Å²) in [5, 5.41) is 2.28. The number of anilines is 1. The SMILES string of the molecule is COc1ccc(S(=O)(=O)N[C@H](C)C(N)=O)cc1C(=O)Nc1ccc(F)c(C(F)F)c1. The topological polar surface area (TPSA) is 128 Å². The van der Waals surface area contributed by atoms with Crippen molar-refractivity contribution in [2.45, 2.75) is 24.3 Å². The molecule has 2 aromatic rings. The van der Waals surface area contributed by atoms with Crippen molar-refractivity contribution in [3.8, 4) is 5.75 Å². The molecule has 0 aliphatic heterocycles. The van der Waals surface area contributed by atoms with Crippen LogP contribution in [0.4, 0.5) is 18.9 Å². The van der Waals surface area contributed by atoms with Crippen LogP contribution in [0.5, 0.6) is 5.75 Å². The molecule has 30 heavy (non-hydrogen) atoms. The van der Waals surface area contributed by atoms with Gasteiger partial charge in [-0.3, -0.25) is 9.59 Å². The summed E-state index contributed by atoms with van der Waals surface area (Å²) < 4.78 is 71.1. The van der Waals surface area contributed by atoms with E-state index in [2.05, 4.69) is 10.0 Å². The smallest absolute Gasteiger partial charge is 0.266 e. The molecule has 0 unspecified atom stereocenters. The molecule has 0 heterocycles. The maximum Gasteiger partial charge on any atom is 0.266 e. The number of benzene rings is 2. The van der Waals surface area contributed by atoms with Crippen LogP contribution in [0.1, 0.15) is 29.3 Å². The van der Waals surface area contributed by atoms with Crippen molar-refractivity contribution >= 4 is 27.5 Å². The standard InChI is InChI=1S/C18H18F3N3O5S/c1-9(17(22)25)24-30(27,28)11-4-6-15(29-2)13(8-11)18(26)23-10-3-5-14(19)12(7-10)16(20)21/h3-9,16,24H,1-2H3,(H2,22,25)(H,23,26)/t9-/m1/s1. The monoisotopic (exact) mass is 445 g/mol. The van der Waals surface area contributed by atoms with E-state index in [1.54, 1.807) is 0 Å². The zero-order valence-corrected chi connectivity index (χ0v) is 16.6. The van der Waals surface area contributed by atoms with Crippen LogP contribution in [0.15, 0.2) is 41.3 Å². The number of ether oxygens (including phenoxy) is 1. The number of hydrogen-bond acceptors (Lipinski definition) is 5. The van der Waals surface area contributed by atoms with E-state index >= 15 is 0 Å². The van der Waals surface area contributed by atoms with Crippen LogP contribution in [-0.2, 0) is 14.8 Å². The zero-order chi connectivity index (χ0) is 22.6. The van der Waals surface area contributed by atoms with Crippen molar-refractivity contribution in [3.63, 3.8) is 0 Å². The number of rotatable bonds is 8. The normalized spacial score (nSPS) is 12.5. The molecule has 0 aliphatic carbocycles. The second-order valence-electron chi connectivity index (χ2n) is 6.10. The molecule has 2 amide bonds. The molecule has 0 bridgehead atoms. The van der Waals surface area contributed by atoms with Crippen molar-refractivity contribution in [2.75, 3.05) is 12.4 Å². The van der Waals surface area contributed by atoms with Gasteiger partial charge in [0.25, 0.3) is 12.3 Å². The number of nitrogens with two attached hydrogens (primary N) is 1. The number of halogens is 3. The van der Waals surface area contributed by atoms with E-state index in [0.717, 1.165) is 30.3 Å². The van der Waals surface area contributed by atoms with Gasteiger partial charge in [0.05, 0.1) is 29.2 Å². The molecule has 162 valence electrons. The van der Waals surface area contributed by atoms with E-state index in [9.17, 15) is 31.2 Å². The number of nitrogens with one attached hydrogen (secondary N) is 2. The molecular weight excluding hydrogens is 427 g/mol. The molecule has 0 aromatic heterocycles. The average molecular weight is 445 g/mol. The van der Waals surface area contributed by atoms with E-state index in [1.165, 1.54) is 20.1 Å². The second kappa shape index (κ2) is 9.13. The molecule has 4 N–H and O–H groups in total. The minimum absolute atomic E-state index is 0.00871. The lowest BCUT2D eigenvalue weighted by Crippen LogP contribution is -2.42. The summed E-state index contributed by atoms with van der Waals surface area (Å²) >= 11 is 0. The fraction of sp³-hybridized carbons (Fsp3) is 0.222. The van der Waals surface area contributed by atoms with Gasteiger partial charge in [-0.25, -0.2) is 21.6 Å². The number of amides is 2. The van der Waals surface area contributed by atoms with E-state index in [1.807, 2.05) is 0 Å². The Bertz CT molecular complexity index is 1080. The Hall–Kier alpha value is -3.12. The van der Waals surface area contributed by atoms with Crippen LogP contribution in [0.3, 0.4) is 0 Å². The summed E-state index contributed by atoms with van der Waals surface area (Å²) in [7, 11) is -2.98. The summed E-state index contributed by atoms with van der Waals surface area (Å²) in [6.07, 6.45) is -3.09. The van der Waals surface area contributed by atoms with Gasteiger partial charge in [0, 0.05) is 5.69 Å². The predicted octanol–water partition coefficient (Wildman–Crippen LogP) is 2.18. The average Bonchev–Trinajstić information content (AvgIpc) is 2.68. The van der Waals surface area contributed by atoms with Crippen LogP contribution in [-0.4, -0.2) is 33.4 Å². The Morgan fingerprint density at radius 1 is 1.13 bits per heavy atom. The van der Waals surface area contributed by atoms with Gasteiger partial charge in [0.2, 0.25) is 15.9 Å². The first-order chi connectivity index (χ1) is 14.0. The molecule has 8 nitrogen and oxygen atoms in total. The third-order valence-corrected chi connectivity index (χ3v) is 5.51. The van der Waals surface area contributed by atoms with E-state index in [4.69, 9.17) is 10.5 Å². The van der Waals surface area contributed by atoms with E-state index in [0.29, 0.717) is 0 Å². The molecule has 0 aliphatic rings. The molecule has 0 fully saturated rings. The number of carbonyl (C=O) groups excluding carboxylic acids is 2. The lowest BCUT2D eigenvalue weighted by atomic mass is 10.1. The highest BCUT2D eigenvalue weighted by molar-refractivity contribution is 7.89. The van der Waals surface area contributed by atoms with Gasteiger partial charge >= 0.3 is 0 Å². The maximum atomic E-state index is 13.4. The molecule has 2 aromatic carbocycles. The Balaban J connectivity index is 2.39. The van der Waals surface area contributed by atoms with Gasteiger partial charge in [-0.05, 0) is 43.3 Å². The first-order valence-electron chi connectivity index (χ1n) is 8.35. The number of primary amides is 1. The molecule has 2 rings (SSSR count). The molecule has 0 spiro atoms. The highest BCUT2D eigenvalue weighted by Gasteiger charge is 2.24. The highest BCUT2D eigenvalue weighted by Crippen LogP contribution is 2.27. The quantitative estimate of drug-likeness (QED) is 0.574. The van der Waals surface area contributed by atoms with Crippen LogP contribution < -0.4 is 20.5 Å². The second-order valence-corrected chi connectivity index (χ2v) is 7.81. The van der Waals surface area contributed by atoms with Gasteiger partial charge in [-0.15, -0.1) is 0 Å². The van der Waals surface area contributed by atoms with Crippen molar-refractivity contribution < 1.29 is 35.9 Å². The lowest BCUT2D eigenvalue weighted by molar-refractivity contribution is -0.119. The van der Waals surface area contributed by atoms with Crippen LogP contribution in [0.25, 0.3) is 0 Å². The van der Waals surface area contributed by atoms with E-state index < -0.39 is 45.7 Å². The Morgan fingerprint density at radius 3 is 2.37 bits per heavy atom. The van der Waals surface area contributed by atoms with Crippen LogP contribution in [0, 0.1) is 5.82 Å². The zero-order valence-electron chi connectivity index (χ0n) is 15.8. The summed E-state index contributed by atoms with van der Waals surface area (Å²) in [5.74, 6) is -2.94. The Labute approximate surface area is 170 Å². The molecular formula is C18H18F3N3O5S. The van der Waals surface area contributed by atoms with Crippen molar-refractivity contribution in [3.05, 3.63) is 53.3 Å². The lowest BCUT2D eigenvalue weighted by Gasteiger charge is -2.14. The van der Waals surface area contributed by atoms with Gasteiger partial charge in [-0.2, -0.15) is 4.72 Å². The van der Waals surface area contributed by atoms with Gasteiger partial charge in [-0.1, -0.05) is 0 Å². The molecule has 12 heteroatoms. The van der Waals surface area contributed by atoms with Gasteiger partial charge in [0.15, 0.2) is 0 Å². The Kier molecular flexibility index (Phi) is 7.05. The van der Waals surface area contributed by atoms with Gasteiger partial charge < -0.3 is 15.8 Å². The highest BCUT2D eigenvalue weighted by atomic mass is 32.2. The fourth-order valence-electron chi connectivity index (χ4n) is 2.38. The van der Waals surface area contributed by atoms with Crippen LogP contribution in [0.2, 0.25) is 0 Å². The summed E-state index contributed by atoms with van der Waals surface area (Å²) in [6, 6.07) is 4.71. The van der Waals surface area contributed by atoms with E-state index in [-0.39, 0.29) is 21.9 Å². The fourth-order valence-corrected chi connectivity index (χ4v) is 3.62. The van der Waals surface area contributed by atoms with Crippen molar-refractivity contribution in [1.29, 1.82) is 0 Å². The summed E-state index contributed by atoms with van der Waals surface area (Å²) in [5.41, 5.74) is 3.77. The molecule has 0 radical (unpaired) electrons. The summed E-state index contributed by atoms with van der Waals surface area (Å²) in [6.45, 7) is 1.24. The molecule has 0 saturated carbocycles. The number of hydrogen-bond donors (Lipinski definition) is 3. The molecule has 1 atom stereocenters. The third kappa shape index (κ3) is 5.27. The van der Waals surface area contributed by atoms with Crippen molar-refractivity contribution in [1.82, 2.24) is 4.72 Å². The van der Waals surface area contributed by atoms with Crippen molar-refractivity contribution in [2.24, 2.45) is 5.73 Å². The number of methoxy groups -OCH3 is 1. The number of sulfonamides is 1. The summed E-state index contributed by atoms with van der Waals surface area (Å²) in [4.78, 5) is 23.4. The number of carbonyl (C=O) groups is 2.